The Morgan fingerprint density at radius 2 is 2.03 bits per heavy atom. The average molecular weight is 501 g/mol. The molecule has 5 rings (SSSR count). The number of nitrogens with zero attached hydrogens (tertiary/aromatic N) is 5. The molecular weight excluding hydrogens is 468 g/mol. The molecule has 3 heterocycles. The lowest BCUT2D eigenvalue weighted by Gasteiger charge is -2.38. The van der Waals surface area contributed by atoms with Gasteiger partial charge in [0.05, 0.1) is 36.2 Å². The molecule has 188 valence electrons. The van der Waals surface area contributed by atoms with Gasteiger partial charge in [0.25, 0.3) is 0 Å². The second-order valence-corrected chi connectivity index (χ2v) is 11.0. The van der Waals surface area contributed by atoms with Crippen LogP contribution >= 0.6 is 12.0 Å². The van der Waals surface area contributed by atoms with Crippen molar-refractivity contribution in [3.05, 3.63) is 29.8 Å². The number of likely N-dealkylation sites (tertiary alicyclic amines) is 3. The highest BCUT2D eigenvalue weighted by molar-refractivity contribution is 7.94. The van der Waals surface area contributed by atoms with Gasteiger partial charge in [0, 0.05) is 44.2 Å². The Labute approximate surface area is 210 Å². The van der Waals surface area contributed by atoms with Crippen LogP contribution in [0.1, 0.15) is 37.8 Å². The van der Waals surface area contributed by atoms with Crippen LogP contribution in [0.25, 0.3) is 0 Å². The monoisotopic (exact) mass is 500 g/mol. The van der Waals surface area contributed by atoms with E-state index < -0.39 is 6.04 Å². The highest BCUT2D eigenvalue weighted by Gasteiger charge is 2.56. The maximum atomic E-state index is 13.3. The van der Waals surface area contributed by atoms with Crippen LogP contribution in [0.5, 0.6) is 0 Å². The van der Waals surface area contributed by atoms with Crippen molar-refractivity contribution >= 4 is 23.9 Å². The van der Waals surface area contributed by atoms with E-state index in [0.29, 0.717) is 19.0 Å². The lowest BCUT2D eigenvalue weighted by Crippen LogP contribution is -2.57. The molecule has 35 heavy (non-hydrogen) atoms. The molecule has 11 heteroatoms. The van der Waals surface area contributed by atoms with E-state index in [1.807, 2.05) is 36.1 Å². The molecule has 0 aromatic heterocycles. The zero-order chi connectivity index (χ0) is 24.9. The normalized spacial score (nSPS) is 31.1. The zero-order valence-electron chi connectivity index (χ0n) is 20.2. The number of carbonyl (C=O) groups excluding carboxylic acids is 2. The second kappa shape index (κ2) is 9.69. The van der Waals surface area contributed by atoms with E-state index in [0.717, 1.165) is 41.8 Å². The fraction of sp³-hybridized carbons (Fsp3) is 0.625. The molecule has 3 saturated heterocycles. The van der Waals surface area contributed by atoms with Crippen LogP contribution in [0.4, 0.5) is 0 Å². The highest BCUT2D eigenvalue weighted by Crippen LogP contribution is 2.48. The number of nitrogens with two attached hydrogens (primary N) is 1. The van der Waals surface area contributed by atoms with Crippen molar-refractivity contribution in [1.29, 1.82) is 5.26 Å². The Morgan fingerprint density at radius 1 is 1.29 bits per heavy atom. The van der Waals surface area contributed by atoms with Gasteiger partial charge in [0.15, 0.2) is 0 Å². The largest absolute Gasteiger partial charge is 0.330 e. The lowest BCUT2D eigenvalue weighted by atomic mass is 10.1. The summed E-state index contributed by atoms with van der Waals surface area (Å²) in [4.78, 5) is 37.9. The third-order valence-electron chi connectivity index (χ3n) is 7.66. The number of piperazine rings is 1. The first-order valence-electron chi connectivity index (χ1n) is 12.1. The number of rotatable bonds is 9. The minimum atomic E-state index is -0.716. The average Bonchev–Trinajstić information content (AvgIpc) is 3.16. The molecule has 1 aromatic rings. The fourth-order valence-electron chi connectivity index (χ4n) is 5.89. The Balaban J connectivity index is 1.16. The minimum absolute atomic E-state index is 0.0549. The van der Waals surface area contributed by atoms with Crippen molar-refractivity contribution in [2.45, 2.75) is 67.3 Å². The van der Waals surface area contributed by atoms with Gasteiger partial charge in [-0.2, -0.15) is 10.3 Å². The van der Waals surface area contributed by atoms with Gasteiger partial charge in [-0.05, 0) is 49.8 Å². The minimum Gasteiger partial charge on any atom is -0.330 e. The van der Waals surface area contributed by atoms with E-state index in [9.17, 15) is 14.9 Å². The molecule has 10 nitrogen and oxygen atoms in total. The lowest BCUT2D eigenvalue weighted by molar-refractivity contribution is -0.340. The van der Waals surface area contributed by atoms with E-state index in [4.69, 9.17) is 15.1 Å². The first-order chi connectivity index (χ1) is 16.8. The number of fused-ring (bicyclic) bond motifs is 3. The van der Waals surface area contributed by atoms with Crippen LogP contribution in [-0.4, -0.2) is 89.0 Å². The zero-order valence-corrected chi connectivity index (χ0v) is 21.1. The molecule has 2 bridgehead atoms. The highest BCUT2D eigenvalue weighted by atomic mass is 32.2. The van der Waals surface area contributed by atoms with Gasteiger partial charge in [0.2, 0.25) is 11.8 Å². The molecule has 0 radical (unpaired) electrons. The van der Waals surface area contributed by atoms with Crippen molar-refractivity contribution < 1.29 is 18.9 Å². The second-order valence-electron chi connectivity index (χ2n) is 10.2. The molecule has 1 aliphatic carbocycles. The van der Waals surface area contributed by atoms with Crippen LogP contribution in [0, 0.1) is 17.2 Å². The third kappa shape index (κ3) is 4.67. The summed E-state index contributed by atoms with van der Waals surface area (Å²) in [5.74, 6) is 0.398. The van der Waals surface area contributed by atoms with E-state index in [1.165, 1.54) is 5.06 Å². The van der Waals surface area contributed by atoms with Crippen molar-refractivity contribution in [3.63, 3.8) is 0 Å². The first-order valence-corrected chi connectivity index (χ1v) is 12.8. The molecule has 0 spiro atoms. The smallest absolute Gasteiger partial charge is 0.242 e. The summed E-state index contributed by atoms with van der Waals surface area (Å²) in [6.07, 6.45) is 2.49. The molecule has 2 amide bonds. The van der Waals surface area contributed by atoms with E-state index in [2.05, 4.69) is 11.0 Å². The molecule has 7 atom stereocenters. The van der Waals surface area contributed by atoms with Crippen LogP contribution in [0.2, 0.25) is 0 Å². The molecule has 4 aliphatic rings. The summed E-state index contributed by atoms with van der Waals surface area (Å²) < 4.78 is 5.07. The van der Waals surface area contributed by atoms with Crippen LogP contribution in [0.3, 0.4) is 0 Å². The third-order valence-corrected chi connectivity index (χ3v) is 8.25. The molecule has 4 fully saturated rings. The molecular formula is C24H32N6O4S. The summed E-state index contributed by atoms with van der Waals surface area (Å²) in [5, 5.41) is 10.9. The van der Waals surface area contributed by atoms with Gasteiger partial charge in [-0.1, -0.05) is 12.1 Å². The van der Waals surface area contributed by atoms with Gasteiger partial charge in [-0.15, -0.1) is 9.32 Å². The molecule has 1 saturated carbocycles. The van der Waals surface area contributed by atoms with E-state index in [-0.39, 0.29) is 42.0 Å². The number of hydroxylamine groups is 2. The van der Waals surface area contributed by atoms with Crippen molar-refractivity contribution in [3.8, 4) is 6.07 Å². The predicted octanol–water partition coefficient (Wildman–Crippen LogP) is 1.30. The Kier molecular flexibility index (Phi) is 6.78. The summed E-state index contributed by atoms with van der Waals surface area (Å²) >= 11 is 1.12. The van der Waals surface area contributed by atoms with Crippen molar-refractivity contribution in [1.82, 2.24) is 19.8 Å². The number of carbonyl (C=O) groups is 2. The number of nitriles is 1. The summed E-state index contributed by atoms with van der Waals surface area (Å²) in [7, 11) is 3.47. The first kappa shape index (κ1) is 24.5. The maximum absolute atomic E-state index is 13.3. The summed E-state index contributed by atoms with van der Waals surface area (Å²) in [6.45, 7) is 3.10. The predicted molar refractivity (Wildman–Crippen MR) is 128 cm³/mol. The Bertz CT molecular complexity index is 1020. The van der Waals surface area contributed by atoms with Gasteiger partial charge in [0.1, 0.15) is 6.04 Å². The number of piperidine rings is 1. The van der Waals surface area contributed by atoms with Gasteiger partial charge in [-0.25, -0.2) is 0 Å². The SMILES string of the molecule is C[C@H](c1ccc(SOON(C)C)cc1)N1C(=O)[C@@H]2C[C@H]1CN2C[C@H](N)C(=O)N1C2C[C@H]2C[C@H]1C#N. The Hall–Kier alpha value is -2.20. The van der Waals surface area contributed by atoms with Crippen molar-refractivity contribution in [2.75, 3.05) is 27.2 Å². The molecule has 3 aliphatic heterocycles. The van der Waals surface area contributed by atoms with E-state index >= 15 is 0 Å². The van der Waals surface area contributed by atoms with Gasteiger partial charge < -0.3 is 15.5 Å². The van der Waals surface area contributed by atoms with Crippen LogP contribution in [0.15, 0.2) is 29.2 Å². The standard InChI is InChI=1S/C24H32N6O4S/c1-14(15-4-6-19(7-5-15)35-34-33-27(2)3)29-18-10-22(24(29)32)28(12-18)13-20(26)23(31)30-17(11-25)8-16-9-21(16)30/h4-7,14,16-18,20-22H,8-10,12-13,26H2,1-3H3/t14-,16-,17+,18+,20+,21?,22+/m1/s1. The number of amides is 2. The van der Waals surface area contributed by atoms with E-state index in [1.54, 1.807) is 19.0 Å². The fourth-order valence-corrected chi connectivity index (χ4v) is 6.37. The summed E-state index contributed by atoms with van der Waals surface area (Å²) in [5.41, 5.74) is 7.37. The number of hydrogen-bond acceptors (Lipinski definition) is 9. The Morgan fingerprint density at radius 3 is 2.69 bits per heavy atom. The topological polar surface area (TPSA) is 115 Å². The maximum Gasteiger partial charge on any atom is 0.242 e. The van der Waals surface area contributed by atoms with Crippen LogP contribution < -0.4 is 5.73 Å². The van der Waals surface area contributed by atoms with Crippen molar-refractivity contribution in [2.24, 2.45) is 11.7 Å². The molecule has 1 unspecified atom stereocenters. The number of hydrogen-bond donors (Lipinski definition) is 1. The van der Waals surface area contributed by atoms with Gasteiger partial charge >= 0.3 is 0 Å². The van der Waals surface area contributed by atoms with Gasteiger partial charge in [-0.3, -0.25) is 14.5 Å². The molecule has 1 aromatic carbocycles. The quantitative estimate of drug-likeness (QED) is 0.304. The number of benzene rings is 1. The summed E-state index contributed by atoms with van der Waals surface area (Å²) in [6, 6.07) is 9.06. The van der Waals surface area contributed by atoms with Crippen LogP contribution in [-0.2, 0) is 18.9 Å². The molecule has 2 N–H and O–H groups in total.